The Morgan fingerprint density at radius 2 is 2.17 bits per heavy atom. The average molecular weight is 463 g/mol. The molecule has 0 saturated carbocycles. The summed E-state index contributed by atoms with van der Waals surface area (Å²) in [6.07, 6.45) is 5.30. The monoisotopic (exact) mass is 463 g/mol. The van der Waals surface area contributed by atoms with Crippen LogP contribution in [0.25, 0.3) is 0 Å². The number of piperidine rings is 1. The highest BCUT2D eigenvalue weighted by atomic mass is 127. The van der Waals surface area contributed by atoms with Crippen LogP contribution >= 0.6 is 35.3 Å². The van der Waals surface area contributed by atoms with Crippen LogP contribution in [0.4, 0.5) is 0 Å². The average Bonchev–Trinajstić information content (AvgIpc) is 3.00. The van der Waals surface area contributed by atoms with Gasteiger partial charge in [0.15, 0.2) is 5.96 Å². The SMILES string of the molecule is C=C(C)CN1CCC(NC(=NC)NCc2ncc(CC)s2)CC1.I. The van der Waals surface area contributed by atoms with Gasteiger partial charge in [-0.1, -0.05) is 19.1 Å². The molecule has 1 aliphatic heterocycles. The van der Waals surface area contributed by atoms with E-state index in [2.05, 4.69) is 45.9 Å². The molecule has 0 amide bonds. The number of likely N-dealkylation sites (tertiary alicyclic amines) is 1. The second-order valence-corrected chi connectivity index (χ2v) is 7.35. The molecule has 0 atom stereocenters. The van der Waals surface area contributed by atoms with Gasteiger partial charge in [-0.25, -0.2) is 4.98 Å². The van der Waals surface area contributed by atoms with Crippen molar-refractivity contribution in [2.75, 3.05) is 26.7 Å². The highest BCUT2D eigenvalue weighted by Crippen LogP contribution is 2.13. The highest BCUT2D eigenvalue weighted by molar-refractivity contribution is 14.0. The number of aliphatic imine (C=N–C) groups is 1. The summed E-state index contributed by atoms with van der Waals surface area (Å²) in [4.78, 5) is 12.6. The molecule has 0 aromatic carbocycles. The smallest absolute Gasteiger partial charge is 0.191 e. The van der Waals surface area contributed by atoms with Gasteiger partial charge in [0, 0.05) is 43.8 Å². The number of hydrogen-bond donors (Lipinski definition) is 2. The first kappa shape index (κ1) is 21.4. The Morgan fingerprint density at radius 3 is 2.71 bits per heavy atom. The van der Waals surface area contributed by atoms with E-state index in [4.69, 9.17) is 0 Å². The fraction of sp³-hybridized carbons (Fsp3) is 0.647. The fourth-order valence-corrected chi connectivity index (χ4v) is 3.56. The highest BCUT2D eigenvalue weighted by Gasteiger charge is 2.19. The molecular formula is C17H30IN5S. The van der Waals surface area contributed by atoms with Crippen LogP contribution in [0.3, 0.4) is 0 Å². The zero-order valence-electron chi connectivity index (χ0n) is 15.0. The van der Waals surface area contributed by atoms with Crippen molar-refractivity contribution in [3.05, 3.63) is 28.2 Å². The van der Waals surface area contributed by atoms with Gasteiger partial charge in [-0.2, -0.15) is 0 Å². The topological polar surface area (TPSA) is 52.5 Å². The lowest BCUT2D eigenvalue weighted by Gasteiger charge is -2.33. The first-order valence-electron chi connectivity index (χ1n) is 8.38. The number of hydrogen-bond acceptors (Lipinski definition) is 4. The van der Waals surface area contributed by atoms with E-state index in [0.717, 1.165) is 56.4 Å². The van der Waals surface area contributed by atoms with E-state index in [0.29, 0.717) is 6.04 Å². The molecule has 2 rings (SSSR count). The van der Waals surface area contributed by atoms with Gasteiger partial charge in [-0.3, -0.25) is 9.89 Å². The Labute approximate surface area is 167 Å². The molecular weight excluding hydrogens is 433 g/mol. The number of aromatic nitrogens is 1. The Kier molecular flexibility index (Phi) is 9.84. The van der Waals surface area contributed by atoms with Gasteiger partial charge in [0.1, 0.15) is 5.01 Å². The maximum absolute atomic E-state index is 4.44. The molecule has 0 spiro atoms. The van der Waals surface area contributed by atoms with Crippen molar-refractivity contribution in [2.24, 2.45) is 4.99 Å². The summed E-state index contributed by atoms with van der Waals surface area (Å²) in [6, 6.07) is 0.491. The second-order valence-electron chi connectivity index (χ2n) is 6.15. The van der Waals surface area contributed by atoms with Crippen LogP contribution < -0.4 is 10.6 Å². The number of nitrogens with zero attached hydrogens (tertiary/aromatic N) is 3. The molecule has 0 aliphatic carbocycles. The third-order valence-corrected chi connectivity index (χ3v) is 5.14. The van der Waals surface area contributed by atoms with Gasteiger partial charge in [0.2, 0.25) is 0 Å². The summed E-state index contributed by atoms with van der Waals surface area (Å²) in [7, 11) is 1.82. The van der Waals surface area contributed by atoms with Gasteiger partial charge in [-0.05, 0) is 26.2 Å². The Balaban J connectivity index is 0.00000288. The molecule has 136 valence electrons. The summed E-state index contributed by atoms with van der Waals surface area (Å²) in [5.41, 5.74) is 1.24. The van der Waals surface area contributed by atoms with Crippen molar-refractivity contribution >= 4 is 41.3 Å². The van der Waals surface area contributed by atoms with Crippen molar-refractivity contribution in [3.8, 4) is 0 Å². The van der Waals surface area contributed by atoms with E-state index >= 15 is 0 Å². The van der Waals surface area contributed by atoms with Gasteiger partial charge in [-0.15, -0.1) is 35.3 Å². The van der Waals surface area contributed by atoms with Crippen molar-refractivity contribution < 1.29 is 0 Å². The first-order chi connectivity index (χ1) is 11.1. The fourth-order valence-electron chi connectivity index (χ4n) is 2.76. The van der Waals surface area contributed by atoms with Crippen LogP contribution in [-0.2, 0) is 13.0 Å². The van der Waals surface area contributed by atoms with Crippen LogP contribution in [0.1, 0.15) is 36.6 Å². The Morgan fingerprint density at radius 1 is 1.46 bits per heavy atom. The summed E-state index contributed by atoms with van der Waals surface area (Å²) in [6.45, 7) is 12.2. The van der Waals surface area contributed by atoms with Crippen molar-refractivity contribution in [1.29, 1.82) is 0 Å². The molecule has 2 heterocycles. The van der Waals surface area contributed by atoms with Crippen LogP contribution in [-0.4, -0.2) is 48.6 Å². The van der Waals surface area contributed by atoms with Crippen LogP contribution in [0.5, 0.6) is 0 Å². The number of rotatable bonds is 6. The summed E-state index contributed by atoms with van der Waals surface area (Å²) < 4.78 is 0. The Hall–Kier alpha value is -0.670. The van der Waals surface area contributed by atoms with Crippen LogP contribution in [0.15, 0.2) is 23.3 Å². The number of thiazole rings is 1. The Bertz CT molecular complexity index is 535. The van der Waals surface area contributed by atoms with E-state index < -0.39 is 0 Å². The lowest BCUT2D eigenvalue weighted by Crippen LogP contribution is -2.48. The molecule has 0 radical (unpaired) electrons. The molecule has 1 aliphatic rings. The van der Waals surface area contributed by atoms with E-state index in [-0.39, 0.29) is 24.0 Å². The van der Waals surface area contributed by atoms with Crippen molar-refractivity contribution in [1.82, 2.24) is 20.5 Å². The minimum Gasteiger partial charge on any atom is -0.354 e. The quantitative estimate of drug-likeness (QED) is 0.295. The lowest BCUT2D eigenvalue weighted by molar-refractivity contribution is 0.221. The third kappa shape index (κ3) is 7.06. The summed E-state index contributed by atoms with van der Waals surface area (Å²) >= 11 is 1.77. The predicted octanol–water partition coefficient (Wildman–Crippen LogP) is 3.03. The maximum Gasteiger partial charge on any atom is 0.191 e. The molecule has 0 bridgehead atoms. The molecule has 1 aromatic rings. The summed E-state index contributed by atoms with van der Waals surface area (Å²) in [5.74, 6) is 0.872. The number of nitrogens with one attached hydrogen (secondary N) is 2. The number of guanidine groups is 1. The maximum atomic E-state index is 4.44. The third-order valence-electron chi connectivity index (χ3n) is 4.00. The summed E-state index contributed by atoms with van der Waals surface area (Å²) in [5, 5.41) is 8.02. The number of aryl methyl sites for hydroxylation is 1. The minimum absolute atomic E-state index is 0. The predicted molar refractivity (Wildman–Crippen MR) is 115 cm³/mol. The molecule has 0 unspecified atom stereocenters. The normalized spacial score (nSPS) is 16.5. The largest absolute Gasteiger partial charge is 0.354 e. The minimum atomic E-state index is 0. The van der Waals surface area contributed by atoms with Crippen molar-refractivity contribution in [3.63, 3.8) is 0 Å². The van der Waals surface area contributed by atoms with Gasteiger partial charge in [0.05, 0.1) is 6.54 Å². The molecule has 1 fully saturated rings. The lowest BCUT2D eigenvalue weighted by atomic mass is 10.0. The van der Waals surface area contributed by atoms with E-state index in [9.17, 15) is 0 Å². The molecule has 7 heteroatoms. The zero-order valence-corrected chi connectivity index (χ0v) is 18.1. The molecule has 5 nitrogen and oxygen atoms in total. The second kappa shape index (κ2) is 11.0. The molecule has 2 N–H and O–H groups in total. The zero-order chi connectivity index (χ0) is 16.7. The van der Waals surface area contributed by atoms with Crippen LogP contribution in [0, 0.1) is 0 Å². The van der Waals surface area contributed by atoms with Crippen LogP contribution in [0.2, 0.25) is 0 Å². The van der Waals surface area contributed by atoms with Gasteiger partial charge < -0.3 is 10.6 Å². The van der Waals surface area contributed by atoms with Crippen molar-refractivity contribution in [2.45, 2.75) is 45.7 Å². The molecule has 24 heavy (non-hydrogen) atoms. The molecule has 1 saturated heterocycles. The van der Waals surface area contributed by atoms with Gasteiger partial charge in [0.25, 0.3) is 0 Å². The number of halogens is 1. The standard InChI is InChI=1S/C17H29N5S.HI/c1-5-15-10-19-16(23-15)11-20-17(18-4)21-14-6-8-22(9-7-14)12-13(2)3;/h10,14H,2,5-9,11-12H2,1,3-4H3,(H2,18,20,21);1H. The van der Waals surface area contributed by atoms with E-state index in [1.165, 1.54) is 10.5 Å². The van der Waals surface area contributed by atoms with E-state index in [1.54, 1.807) is 11.3 Å². The van der Waals surface area contributed by atoms with Gasteiger partial charge >= 0.3 is 0 Å². The first-order valence-corrected chi connectivity index (χ1v) is 9.19. The molecule has 1 aromatic heterocycles. The van der Waals surface area contributed by atoms with E-state index in [1.807, 2.05) is 13.2 Å².